The molecule has 0 spiro atoms. The lowest BCUT2D eigenvalue weighted by molar-refractivity contribution is -0.192. The van der Waals surface area contributed by atoms with Gasteiger partial charge in [-0.05, 0) is 51.6 Å². The molecule has 1 amide bonds. The SMILES string of the molecule is CCN1C(=O)C(F)(F)Oc2cc(Nc3ncc(F)c(NCC4CCCN5CCCCC45)n3)cnc21. The molecule has 2 atom stereocenters. The number of hydrogen-bond acceptors (Lipinski definition) is 8. The van der Waals surface area contributed by atoms with E-state index in [1.165, 1.54) is 31.5 Å². The smallest absolute Gasteiger partial charge is 0.421 e. The number of alkyl halides is 2. The van der Waals surface area contributed by atoms with Crippen molar-refractivity contribution < 1.29 is 22.7 Å². The number of carbonyl (C=O) groups is 1. The third kappa shape index (κ3) is 4.71. The van der Waals surface area contributed by atoms with Crippen molar-refractivity contribution in [2.75, 3.05) is 41.7 Å². The van der Waals surface area contributed by atoms with Gasteiger partial charge in [0, 0.05) is 25.2 Å². The van der Waals surface area contributed by atoms with E-state index in [2.05, 4.69) is 35.2 Å². The number of piperidine rings is 2. The van der Waals surface area contributed by atoms with Crippen LogP contribution in [0.15, 0.2) is 18.5 Å². The Bertz CT molecular complexity index is 1100. The number of hydrogen-bond donors (Lipinski definition) is 2. The van der Waals surface area contributed by atoms with Crippen LogP contribution in [-0.4, -0.2) is 64.1 Å². The van der Waals surface area contributed by atoms with Gasteiger partial charge in [0.15, 0.2) is 23.2 Å². The average molecular weight is 492 g/mol. The van der Waals surface area contributed by atoms with Gasteiger partial charge in [-0.15, -0.1) is 0 Å². The Morgan fingerprint density at radius 2 is 2.00 bits per heavy atom. The van der Waals surface area contributed by atoms with Gasteiger partial charge < -0.3 is 20.3 Å². The standard InChI is InChI=1S/C23H28F3N7O2/c1-2-33-20-18(35-23(25,26)21(33)34)10-15(12-28-20)30-22-29-13-16(24)19(31-22)27-11-14-6-5-9-32-8-4-3-7-17(14)32/h10,12-14,17H,2-9,11H2,1H3,(H2,27,29,30,31). The first-order valence-corrected chi connectivity index (χ1v) is 12.0. The van der Waals surface area contributed by atoms with Gasteiger partial charge >= 0.3 is 12.0 Å². The van der Waals surface area contributed by atoms with Gasteiger partial charge in [-0.1, -0.05) is 6.42 Å². The number of nitrogens with one attached hydrogen (secondary N) is 2. The van der Waals surface area contributed by atoms with Gasteiger partial charge in [0.25, 0.3) is 0 Å². The number of anilines is 4. The van der Waals surface area contributed by atoms with Crippen LogP contribution in [0.25, 0.3) is 0 Å². The van der Waals surface area contributed by atoms with E-state index < -0.39 is 17.8 Å². The lowest BCUT2D eigenvalue weighted by Gasteiger charge is -2.44. The predicted octanol–water partition coefficient (Wildman–Crippen LogP) is 3.77. The molecule has 12 heteroatoms. The Balaban J connectivity index is 1.29. The second kappa shape index (κ2) is 9.48. The van der Waals surface area contributed by atoms with Crippen molar-refractivity contribution in [1.82, 2.24) is 19.9 Å². The summed E-state index contributed by atoms with van der Waals surface area (Å²) in [5, 5.41) is 5.99. The molecule has 2 N–H and O–H groups in total. The van der Waals surface area contributed by atoms with E-state index in [4.69, 9.17) is 0 Å². The number of rotatable bonds is 6. The number of amides is 1. The molecule has 5 heterocycles. The van der Waals surface area contributed by atoms with E-state index in [1.54, 1.807) is 6.92 Å². The summed E-state index contributed by atoms with van der Waals surface area (Å²) in [6.07, 6.45) is 4.27. The van der Waals surface area contributed by atoms with Gasteiger partial charge in [-0.25, -0.2) is 14.4 Å². The molecule has 0 aromatic carbocycles. The fourth-order valence-electron chi connectivity index (χ4n) is 5.24. The van der Waals surface area contributed by atoms with Crippen molar-refractivity contribution in [3.05, 3.63) is 24.3 Å². The molecule has 5 rings (SSSR count). The molecule has 3 aliphatic heterocycles. The quantitative estimate of drug-likeness (QED) is 0.631. The molecule has 188 valence electrons. The number of carbonyl (C=O) groups excluding carboxylic acids is 1. The number of ether oxygens (including phenoxy) is 1. The van der Waals surface area contributed by atoms with E-state index in [0.717, 1.165) is 37.0 Å². The molecule has 0 radical (unpaired) electrons. The van der Waals surface area contributed by atoms with Gasteiger partial charge in [0.2, 0.25) is 5.95 Å². The van der Waals surface area contributed by atoms with Gasteiger partial charge in [0.1, 0.15) is 0 Å². The third-order valence-electron chi connectivity index (χ3n) is 6.90. The molecule has 9 nitrogen and oxygen atoms in total. The van der Waals surface area contributed by atoms with E-state index in [1.807, 2.05) is 0 Å². The summed E-state index contributed by atoms with van der Waals surface area (Å²) in [6, 6.07) is 1.80. The average Bonchev–Trinajstić information content (AvgIpc) is 2.85. The lowest BCUT2D eigenvalue weighted by atomic mass is 9.83. The first-order valence-electron chi connectivity index (χ1n) is 12.0. The maximum atomic E-state index is 14.4. The molecule has 2 fully saturated rings. The Labute approximate surface area is 201 Å². The fraction of sp³-hybridized carbons (Fsp3) is 0.565. The topological polar surface area (TPSA) is 95.5 Å². The highest BCUT2D eigenvalue weighted by molar-refractivity contribution is 6.00. The highest BCUT2D eigenvalue weighted by Gasteiger charge is 2.50. The molecule has 2 saturated heterocycles. The Hall–Kier alpha value is -3.15. The van der Waals surface area contributed by atoms with Crippen LogP contribution >= 0.6 is 0 Å². The lowest BCUT2D eigenvalue weighted by Crippen LogP contribution is -2.51. The third-order valence-corrected chi connectivity index (χ3v) is 6.90. The molecule has 2 aromatic rings. The maximum Gasteiger partial charge on any atom is 0.483 e. The summed E-state index contributed by atoms with van der Waals surface area (Å²) in [6.45, 7) is 4.45. The molecule has 35 heavy (non-hydrogen) atoms. The van der Waals surface area contributed by atoms with Crippen molar-refractivity contribution in [1.29, 1.82) is 0 Å². The molecule has 0 saturated carbocycles. The van der Waals surface area contributed by atoms with Crippen molar-refractivity contribution in [3.8, 4) is 5.75 Å². The van der Waals surface area contributed by atoms with Crippen LogP contribution in [0.3, 0.4) is 0 Å². The Morgan fingerprint density at radius 3 is 2.83 bits per heavy atom. The van der Waals surface area contributed by atoms with Crippen LogP contribution in [0.4, 0.5) is 36.4 Å². The van der Waals surface area contributed by atoms with E-state index in [9.17, 15) is 18.0 Å². The number of pyridine rings is 1. The number of halogens is 3. The molecule has 2 aromatic heterocycles. The predicted molar refractivity (Wildman–Crippen MR) is 124 cm³/mol. The Kier molecular flexibility index (Phi) is 6.39. The first-order chi connectivity index (χ1) is 16.9. The number of fused-ring (bicyclic) bond motifs is 2. The van der Waals surface area contributed by atoms with Crippen LogP contribution in [0.2, 0.25) is 0 Å². The molecule has 0 bridgehead atoms. The van der Waals surface area contributed by atoms with E-state index >= 15 is 0 Å². The summed E-state index contributed by atoms with van der Waals surface area (Å²) < 4.78 is 47.0. The second-order valence-electron chi connectivity index (χ2n) is 9.11. The normalized spacial score (nSPS) is 23.8. The van der Waals surface area contributed by atoms with Crippen LogP contribution in [0.5, 0.6) is 5.75 Å². The maximum absolute atomic E-state index is 14.4. The molecular formula is C23H28F3N7O2. The zero-order chi connectivity index (χ0) is 24.6. The van der Waals surface area contributed by atoms with Crippen molar-refractivity contribution in [3.63, 3.8) is 0 Å². The van der Waals surface area contributed by atoms with Gasteiger partial charge in [-0.3, -0.25) is 9.69 Å². The fourth-order valence-corrected chi connectivity index (χ4v) is 5.24. The molecular weight excluding hydrogens is 463 g/mol. The first kappa shape index (κ1) is 23.6. The van der Waals surface area contributed by atoms with Gasteiger partial charge in [-0.2, -0.15) is 13.8 Å². The largest absolute Gasteiger partial charge is 0.483 e. The van der Waals surface area contributed by atoms with Crippen LogP contribution in [0.1, 0.15) is 39.0 Å². The zero-order valence-corrected chi connectivity index (χ0v) is 19.4. The number of nitrogens with zero attached hydrogens (tertiary/aromatic N) is 5. The molecule has 3 aliphatic rings. The van der Waals surface area contributed by atoms with Crippen LogP contribution in [-0.2, 0) is 4.79 Å². The monoisotopic (exact) mass is 491 g/mol. The summed E-state index contributed by atoms with van der Waals surface area (Å²) in [4.78, 5) is 27.6. The van der Waals surface area contributed by atoms with E-state index in [-0.39, 0.29) is 35.6 Å². The highest BCUT2D eigenvalue weighted by Crippen LogP contribution is 2.39. The molecule has 2 unspecified atom stereocenters. The second-order valence-corrected chi connectivity index (χ2v) is 9.11. The zero-order valence-electron chi connectivity index (χ0n) is 19.4. The minimum absolute atomic E-state index is 0.000550. The minimum Gasteiger partial charge on any atom is -0.421 e. The number of likely N-dealkylation sites (N-methyl/N-ethyl adjacent to an activating group) is 1. The van der Waals surface area contributed by atoms with Crippen molar-refractivity contribution in [2.24, 2.45) is 5.92 Å². The minimum atomic E-state index is -3.99. The summed E-state index contributed by atoms with van der Waals surface area (Å²) in [7, 11) is 0. The number of aromatic nitrogens is 3. The molecule has 0 aliphatic carbocycles. The van der Waals surface area contributed by atoms with Crippen LogP contribution < -0.4 is 20.3 Å². The highest BCUT2D eigenvalue weighted by atomic mass is 19.3. The summed E-state index contributed by atoms with van der Waals surface area (Å²) >= 11 is 0. The van der Waals surface area contributed by atoms with Gasteiger partial charge in [0.05, 0.1) is 18.1 Å². The summed E-state index contributed by atoms with van der Waals surface area (Å²) in [5.41, 5.74) is 0.257. The van der Waals surface area contributed by atoms with Crippen LogP contribution in [0, 0.1) is 11.7 Å². The van der Waals surface area contributed by atoms with E-state index in [0.29, 0.717) is 18.5 Å². The Morgan fingerprint density at radius 1 is 1.17 bits per heavy atom. The summed E-state index contributed by atoms with van der Waals surface area (Å²) in [5.74, 6) is -1.72. The van der Waals surface area contributed by atoms with Crippen molar-refractivity contribution >= 4 is 29.2 Å². The van der Waals surface area contributed by atoms with Crippen molar-refractivity contribution in [2.45, 2.75) is 51.2 Å².